The Morgan fingerprint density at radius 1 is 1.57 bits per heavy atom. The summed E-state index contributed by atoms with van der Waals surface area (Å²) in [6, 6.07) is 2.42. The van der Waals surface area contributed by atoms with Crippen LogP contribution in [0.25, 0.3) is 5.65 Å². The summed E-state index contributed by atoms with van der Waals surface area (Å²) < 4.78 is 14.2. The Morgan fingerprint density at radius 2 is 2.36 bits per heavy atom. The molecule has 0 bridgehead atoms. The lowest BCUT2D eigenvalue weighted by Gasteiger charge is -1.95. The molecule has 0 aliphatic rings. The van der Waals surface area contributed by atoms with Gasteiger partial charge in [0.05, 0.1) is 0 Å². The van der Waals surface area contributed by atoms with Crippen LogP contribution in [-0.4, -0.2) is 25.7 Å². The Balaban J connectivity index is 2.52. The van der Waals surface area contributed by atoms with Crippen molar-refractivity contribution in [1.82, 2.24) is 14.6 Å². The third-order valence-electron chi connectivity index (χ3n) is 1.75. The molecule has 0 unspecified atom stereocenters. The number of aliphatic carboxylic acids is 1. The lowest BCUT2D eigenvalue weighted by molar-refractivity contribution is -0.136. The van der Waals surface area contributed by atoms with Crippen LogP contribution in [0, 0.1) is 5.82 Å². The van der Waals surface area contributed by atoms with E-state index in [9.17, 15) is 9.18 Å². The Labute approximate surface area is 77.8 Å². The molecular formula is C8H6FN3O2. The maximum atomic E-state index is 12.7. The Kier molecular flexibility index (Phi) is 1.88. The van der Waals surface area contributed by atoms with E-state index in [0.717, 1.165) is 0 Å². The van der Waals surface area contributed by atoms with Gasteiger partial charge in [-0.25, -0.2) is 4.39 Å². The van der Waals surface area contributed by atoms with E-state index in [1.807, 2.05) is 0 Å². The van der Waals surface area contributed by atoms with Crippen LogP contribution in [0.1, 0.15) is 5.82 Å². The second kappa shape index (κ2) is 3.06. The predicted molar refractivity (Wildman–Crippen MR) is 44.3 cm³/mol. The molecule has 0 spiro atoms. The van der Waals surface area contributed by atoms with Crippen LogP contribution in [-0.2, 0) is 11.2 Å². The van der Waals surface area contributed by atoms with Crippen molar-refractivity contribution in [2.24, 2.45) is 0 Å². The van der Waals surface area contributed by atoms with Crippen molar-refractivity contribution in [2.75, 3.05) is 0 Å². The molecule has 0 fully saturated rings. The highest BCUT2D eigenvalue weighted by molar-refractivity contribution is 5.69. The second-order valence-corrected chi connectivity index (χ2v) is 2.76. The van der Waals surface area contributed by atoms with Crippen LogP contribution in [0.3, 0.4) is 0 Å². The molecule has 6 heteroatoms. The van der Waals surface area contributed by atoms with E-state index in [-0.39, 0.29) is 12.2 Å². The molecule has 0 amide bonds. The van der Waals surface area contributed by atoms with E-state index in [4.69, 9.17) is 5.11 Å². The molecular weight excluding hydrogens is 189 g/mol. The molecule has 1 N–H and O–H groups in total. The van der Waals surface area contributed by atoms with Crippen LogP contribution in [0.15, 0.2) is 18.3 Å². The van der Waals surface area contributed by atoms with Gasteiger partial charge in [-0.2, -0.15) is 0 Å². The number of nitrogens with zero attached hydrogens (tertiary/aromatic N) is 3. The number of fused-ring (bicyclic) bond motifs is 1. The zero-order valence-corrected chi connectivity index (χ0v) is 7.01. The van der Waals surface area contributed by atoms with Crippen molar-refractivity contribution in [1.29, 1.82) is 0 Å². The number of aromatic nitrogens is 3. The van der Waals surface area contributed by atoms with Crippen molar-refractivity contribution in [3.63, 3.8) is 0 Å². The molecule has 0 aliphatic heterocycles. The summed E-state index contributed by atoms with van der Waals surface area (Å²) >= 11 is 0. The molecule has 2 aromatic heterocycles. The van der Waals surface area contributed by atoms with Gasteiger partial charge in [-0.15, -0.1) is 10.2 Å². The van der Waals surface area contributed by atoms with E-state index in [1.54, 1.807) is 0 Å². The van der Waals surface area contributed by atoms with Crippen molar-refractivity contribution < 1.29 is 14.3 Å². The van der Waals surface area contributed by atoms with E-state index >= 15 is 0 Å². The van der Waals surface area contributed by atoms with Crippen molar-refractivity contribution >= 4 is 11.6 Å². The normalized spacial score (nSPS) is 10.6. The highest BCUT2D eigenvalue weighted by Crippen LogP contribution is 2.06. The van der Waals surface area contributed by atoms with Gasteiger partial charge in [0.25, 0.3) is 0 Å². The first kappa shape index (κ1) is 8.61. The smallest absolute Gasteiger partial charge is 0.311 e. The first-order valence-electron chi connectivity index (χ1n) is 3.88. The summed E-state index contributed by atoms with van der Waals surface area (Å²) in [5, 5.41) is 15.8. The molecule has 0 saturated carbocycles. The zero-order valence-electron chi connectivity index (χ0n) is 7.01. The van der Waals surface area contributed by atoms with Gasteiger partial charge in [0, 0.05) is 12.3 Å². The molecule has 14 heavy (non-hydrogen) atoms. The molecule has 2 rings (SSSR count). The highest BCUT2D eigenvalue weighted by Gasteiger charge is 2.09. The van der Waals surface area contributed by atoms with Gasteiger partial charge < -0.3 is 5.11 Å². The average molecular weight is 195 g/mol. The number of hydrogen-bond acceptors (Lipinski definition) is 3. The monoisotopic (exact) mass is 195 g/mol. The van der Waals surface area contributed by atoms with E-state index in [2.05, 4.69) is 10.2 Å². The molecule has 0 aliphatic carbocycles. The summed E-state index contributed by atoms with van der Waals surface area (Å²) in [6.07, 6.45) is 1.18. The third kappa shape index (κ3) is 1.41. The largest absolute Gasteiger partial charge is 0.481 e. The third-order valence-corrected chi connectivity index (χ3v) is 1.75. The maximum Gasteiger partial charge on any atom is 0.311 e. The standard InChI is InChI=1S/C8H6FN3O2/c9-5-1-2-12-6(3-5)10-11-7(12)4-8(13)14/h1-3H,4H2,(H,13,14). The lowest BCUT2D eigenvalue weighted by Crippen LogP contribution is -2.04. The summed E-state index contributed by atoms with van der Waals surface area (Å²) in [6.45, 7) is 0. The first-order valence-corrected chi connectivity index (χ1v) is 3.88. The fourth-order valence-electron chi connectivity index (χ4n) is 1.17. The lowest BCUT2D eigenvalue weighted by atomic mass is 10.4. The van der Waals surface area contributed by atoms with E-state index in [0.29, 0.717) is 5.65 Å². The second-order valence-electron chi connectivity index (χ2n) is 2.76. The van der Waals surface area contributed by atoms with Gasteiger partial charge in [0.1, 0.15) is 18.1 Å². The topological polar surface area (TPSA) is 67.5 Å². The molecule has 0 radical (unpaired) electrons. The summed E-state index contributed by atoms with van der Waals surface area (Å²) in [4.78, 5) is 10.4. The number of carboxylic acid groups (broad SMARTS) is 1. The van der Waals surface area contributed by atoms with Gasteiger partial charge in [0.2, 0.25) is 0 Å². The SMILES string of the molecule is O=C(O)Cc1nnc2cc(F)ccn12. The predicted octanol–water partition coefficient (Wildman–Crippen LogP) is 0.495. The van der Waals surface area contributed by atoms with Crippen molar-refractivity contribution in [3.8, 4) is 0 Å². The maximum absolute atomic E-state index is 12.7. The fraction of sp³-hybridized carbons (Fsp3) is 0.125. The van der Waals surface area contributed by atoms with Gasteiger partial charge in [-0.1, -0.05) is 0 Å². The minimum atomic E-state index is -0.997. The average Bonchev–Trinajstić information content (AvgIpc) is 2.47. The summed E-state index contributed by atoms with van der Waals surface area (Å²) in [5.41, 5.74) is 0.307. The molecule has 0 atom stereocenters. The first-order chi connectivity index (χ1) is 6.66. The molecule has 2 heterocycles. The zero-order chi connectivity index (χ0) is 10.1. The number of hydrogen-bond donors (Lipinski definition) is 1. The summed E-state index contributed by atoms with van der Waals surface area (Å²) in [5.74, 6) is -1.14. The molecule has 0 aromatic carbocycles. The summed E-state index contributed by atoms with van der Waals surface area (Å²) in [7, 11) is 0. The van der Waals surface area contributed by atoms with Gasteiger partial charge in [-0.3, -0.25) is 9.20 Å². The Bertz CT molecular complexity index is 494. The van der Waals surface area contributed by atoms with Crippen LogP contribution < -0.4 is 0 Å². The molecule has 5 nitrogen and oxygen atoms in total. The van der Waals surface area contributed by atoms with E-state index < -0.39 is 11.8 Å². The number of carboxylic acids is 1. The van der Waals surface area contributed by atoms with Gasteiger partial charge in [-0.05, 0) is 6.07 Å². The number of rotatable bonds is 2. The van der Waals surface area contributed by atoms with Gasteiger partial charge in [0.15, 0.2) is 5.65 Å². The number of pyridine rings is 1. The quantitative estimate of drug-likeness (QED) is 0.757. The van der Waals surface area contributed by atoms with Gasteiger partial charge >= 0.3 is 5.97 Å². The Hall–Kier alpha value is -1.98. The Morgan fingerprint density at radius 3 is 3.07 bits per heavy atom. The van der Waals surface area contributed by atoms with Crippen LogP contribution in [0.2, 0.25) is 0 Å². The van der Waals surface area contributed by atoms with E-state index in [1.165, 1.54) is 22.7 Å². The highest BCUT2D eigenvalue weighted by atomic mass is 19.1. The molecule has 0 saturated heterocycles. The number of carbonyl (C=O) groups is 1. The van der Waals surface area contributed by atoms with Crippen LogP contribution in [0.4, 0.5) is 4.39 Å². The number of halogens is 1. The van der Waals surface area contributed by atoms with Crippen molar-refractivity contribution in [2.45, 2.75) is 6.42 Å². The van der Waals surface area contributed by atoms with Crippen LogP contribution >= 0.6 is 0 Å². The van der Waals surface area contributed by atoms with Crippen molar-refractivity contribution in [3.05, 3.63) is 30.0 Å². The van der Waals surface area contributed by atoms with Crippen LogP contribution in [0.5, 0.6) is 0 Å². The minimum absolute atomic E-state index is 0.229. The fourth-order valence-corrected chi connectivity index (χ4v) is 1.17. The minimum Gasteiger partial charge on any atom is -0.481 e. The molecule has 2 aromatic rings. The molecule has 72 valence electrons.